The Morgan fingerprint density at radius 1 is 1.13 bits per heavy atom. The van der Waals surface area contributed by atoms with Gasteiger partial charge in [-0.3, -0.25) is 9.59 Å². The van der Waals surface area contributed by atoms with E-state index in [0.717, 1.165) is 27.1 Å². The number of fused-ring (bicyclic) bond motifs is 1. The Bertz CT molecular complexity index is 1050. The number of para-hydroxylation sites is 2. The standard InChI is InChI=1S/C23H23BrN2O4/c1-12-10-17-20(22(27)19(12)23(28)30-3)21(13-8-9-18(29-2)14(24)11-13)26-16-7-5-4-6-15(16)25-17/h4-9,11-12,19,21,25-26H,10H2,1-3H3/t12-,19-,21-/m1/s1. The van der Waals surface area contributed by atoms with Crippen LogP contribution in [-0.4, -0.2) is 26.0 Å². The fourth-order valence-corrected chi connectivity index (χ4v) is 4.80. The summed E-state index contributed by atoms with van der Waals surface area (Å²) in [4.78, 5) is 26.0. The molecule has 156 valence electrons. The predicted molar refractivity (Wildman–Crippen MR) is 118 cm³/mol. The molecule has 7 heteroatoms. The van der Waals surface area contributed by atoms with Crippen LogP contribution in [0.15, 0.2) is 58.2 Å². The first-order valence-corrected chi connectivity index (χ1v) is 10.5. The molecule has 1 heterocycles. The lowest BCUT2D eigenvalue weighted by Gasteiger charge is -2.32. The molecule has 1 aliphatic heterocycles. The van der Waals surface area contributed by atoms with Crippen LogP contribution in [-0.2, 0) is 14.3 Å². The van der Waals surface area contributed by atoms with E-state index in [0.29, 0.717) is 17.7 Å². The number of hydrogen-bond acceptors (Lipinski definition) is 6. The van der Waals surface area contributed by atoms with Crippen molar-refractivity contribution in [2.75, 3.05) is 24.9 Å². The van der Waals surface area contributed by atoms with E-state index in [1.54, 1.807) is 7.11 Å². The number of anilines is 2. The van der Waals surface area contributed by atoms with Gasteiger partial charge in [0.25, 0.3) is 0 Å². The normalized spacial score (nSPS) is 22.8. The summed E-state index contributed by atoms with van der Waals surface area (Å²) in [7, 11) is 2.93. The Morgan fingerprint density at radius 2 is 1.87 bits per heavy atom. The highest BCUT2D eigenvalue weighted by molar-refractivity contribution is 9.10. The number of hydrogen-bond donors (Lipinski definition) is 2. The van der Waals surface area contributed by atoms with Gasteiger partial charge in [0.2, 0.25) is 0 Å². The Kier molecular flexibility index (Phi) is 5.56. The summed E-state index contributed by atoms with van der Waals surface area (Å²) in [5.74, 6) is -0.973. The molecule has 0 unspecified atom stereocenters. The van der Waals surface area contributed by atoms with Crippen molar-refractivity contribution in [1.82, 2.24) is 0 Å². The topological polar surface area (TPSA) is 76.7 Å². The van der Waals surface area contributed by atoms with Gasteiger partial charge in [0.05, 0.1) is 36.1 Å². The van der Waals surface area contributed by atoms with Crippen LogP contribution in [0.3, 0.4) is 0 Å². The van der Waals surface area contributed by atoms with E-state index in [2.05, 4.69) is 26.6 Å². The lowest BCUT2D eigenvalue weighted by Crippen LogP contribution is -2.39. The number of esters is 1. The SMILES string of the molecule is COC(=O)[C@H]1C(=O)C2=C(C[C@H]1C)Nc1ccccc1N[C@@H]2c1ccc(OC)c(Br)c1. The van der Waals surface area contributed by atoms with Gasteiger partial charge in [0.15, 0.2) is 5.78 Å². The first-order chi connectivity index (χ1) is 14.4. The highest BCUT2D eigenvalue weighted by Crippen LogP contribution is 2.44. The van der Waals surface area contributed by atoms with Crippen LogP contribution in [0.5, 0.6) is 5.75 Å². The molecule has 1 aliphatic carbocycles. The van der Waals surface area contributed by atoms with Crippen molar-refractivity contribution in [1.29, 1.82) is 0 Å². The van der Waals surface area contributed by atoms with Gasteiger partial charge in [0.1, 0.15) is 11.7 Å². The second kappa shape index (κ2) is 8.14. The lowest BCUT2D eigenvalue weighted by atomic mass is 9.75. The predicted octanol–water partition coefficient (Wildman–Crippen LogP) is 4.69. The number of nitrogens with one attached hydrogen (secondary N) is 2. The second-order valence-electron chi connectivity index (χ2n) is 7.58. The van der Waals surface area contributed by atoms with E-state index in [9.17, 15) is 9.59 Å². The highest BCUT2D eigenvalue weighted by atomic mass is 79.9. The molecule has 2 aliphatic rings. The Balaban J connectivity index is 1.87. The number of ether oxygens (including phenoxy) is 2. The number of carbonyl (C=O) groups excluding carboxylic acids is 2. The summed E-state index contributed by atoms with van der Waals surface area (Å²) in [6.45, 7) is 1.91. The maximum atomic E-state index is 13.6. The van der Waals surface area contributed by atoms with Crippen LogP contribution in [0, 0.1) is 11.8 Å². The molecule has 0 saturated heterocycles. The minimum absolute atomic E-state index is 0.162. The quantitative estimate of drug-likeness (QED) is 0.500. The smallest absolute Gasteiger partial charge is 0.316 e. The molecule has 3 atom stereocenters. The van der Waals surface area contributed by atoms with Gasteiger partial charge in [0, 0.05) is 11.3 Å². The maximum Gasteiger partial charge on any atom is 0.316 e. The minimum atomic E-state index is -0.817. The minimum Gasteiger partial charge on any atom is -0.496 e. The van der Waals surface area contributed by atoms with Crippen LogP contribution < -0.4 is 15.4 Å². The first-order valence-electron chi connectivity index (χ1n) is 9.75. The monoisotopic (exact) mass is 470 g/mol. The zero-order valence-corrected chi connectivity index (χ0v) is 18.6. The molecular weight excluding hydrogens is 448 g/mol. The van der Waals surface area contributed by atoms with Crippen molar-refractivity contribution in [2.24, 2.45) is 11.8 Å². The first kappa shape index (κ1) is 20.5. The summed E-state index contributed by atoms with van der Waals surface area (Å²) in [5, 5.41) is 6.95. The van der Waals surface area contributed by atoms with Gasteiger partial charge >= 0.3 is 5.97 Å². The fourth-order valence-electron chi connectivity index (χ4n) is 4.25. The molecule has 4 rings (SSSR count). The van der Waals surface area contributed by atoms with E-state index in [-0.39, 0.29) is 11.7 Å². The van der Waals surface area contributed by atoms with Crippen LogP contribution in [0.2, 0.25) is 0 Å². The molecule has 2 aromatic carbocycles. The molecule has 30 heavy (non-hydrogen) atoms. The van der Waals surface area contributed by atoms with Crippen LogP contribution >= 0.6 is 15.9 Å². The molecule has 2 aromatic rings. The third-order valence-electron chi connectivity index (χ3n) is 5.73. The van der Waals surface area contributed by atoms with Gasteiger partial charge in [-0.05, 0) is 58.1 Å². The van der Waals surface area contributed by atoms with Crippen molar-refractivity contribution < 1.29 is 19.1 Å². The van der Waals surface area contributed by atoms with Gasteiger partial charge < -0.3 is 20.1 Å². The van der Waals surface area contributed by atoms with Gasteiger partial charge in [-0.2, -0.15) is 0 Å². The summed E-state index contributed by atoms with van der Waals surface area (Å²) >= 11 is 3.54. The van der Waals surface area contributed by atoms with E-state index >= 15 is 0 Å². The number of carbonyl (C=O) groups is 2. The zero-order valence-electron chi connectivity index (χ0n) is 17.0. The van der Waals surface area contributed by atoms with Crippen molar-refractivity contribution in [2.45, 2.75) is 19.4 Å². The maximum absolute atomic E-state index is 13.6. The number of methoxy groups -OCH3 is 2. The van der Waals surface area contributed by atoms with Crippen molar-refractivity contribution in [3.63, 3.8) is 0 Å². The molecule has 0 fully saturated rings. The van der Waals surface area contributed by atoms with E-state index in [4.69, 9.17) is 9.47 Å². The highest BCUT2D eigenvalue weighted by Gasteiger charge is 2.44. The van der Waals surface area contributed by atoms with Crippen molar-refractivity contribution in [3.8, 4) is 5.75 Å². The molecule has 2 N–H and O–H groups in total. The molecule has 0 bridgehead atoms. The molecule has 0 amide bonds. The molecule has 0 spiro atoms. The molecular formula is C23H23BrN2O4. The number of ketones is 1. The van der Waals surface area contributed by atoms with Gasteiger partial charge in [-0.25, -0.2) is 0 Å². The average molecular weight is 471 g/mol. The summed E-state index contributed by atoms with van der Waals surface area (Å²) in [6.07, 6.45) is 0.574. The van der Waals surface area contributed by atoms with E-state index in [1.165, 1.54) is 7.11 Å². The van der Waals surface area contributed by atoms with Gasteiger partial charge in [-0.15, -0.1) is 0 Å². The second-order valence-corrected chi connectivity index (χ2v) is 8.43. The van der Waals surface area contributed by atoms with Crippen LogP contribution in [0.4, 0.5) is 11.4 Å². The number of benzene rings is 2. The van der Waals surface area contributed by atoms with Crippen molar-refractivity contribution >= 4 is 39.1 Å². The van der Waals surface area contributed by atoms with Crippen molar-refractivity contribution in [3.05, 3.63) is 63.8 Å². The summed E-state index contributed by atoms with van der Waals surface area (Å²) in [6, 6.07) is 13.1. The molecule has 0 saturated carbocycles. The fraction of sp³-hybridized carbons (Fsp3) is 0.304. The van der Waals surface area contributed by atoms with E-state index in [1.807, 2.05) is 49.4 Å². The zero-order chi connectivity index (χ0) is 21.4. The van der Waals surface area contributed by atoms with Crippen LogP contribution in [0.25, 0.3) is 0 Å². The number of allylic oxidation sites excluding steroid dienone is 1. The number of rotatable bonds is 3. The Hall–Kier alpha value is -2.80. The third kappa shape index (κ3) is 3.47. The average Bonchev–Trinajstić information content (AvgIpc) is 2.90. The Morgan fingerprint density at radius 3 is 2.53 bits per heavy atom. The third-order valence-corrected chi connectivity index (χ3v) is 6.35. The Labute approximate surface area is 183 Å². The summed E-state index contributed by atoms with van der Waals surface area (Å²) < 4.78 is 11.1. The lowest BCUT2D eigenvalue weighted by molar-refractivity contribution is -0.151. The molecule has 0 aromatic heterocycles. The summed E-state index contributed by atoms with van der Waals surface area (Å²) in [5.41, 5.74) is 4.08. The molecule has 6 nitrogen and oxygen atoms in total. The number of halogens is 1. The van der Waals surface area contributed by atoms with Gasteiger partial charge in [-0.1, -0.05) is 25.1 Å². The number of Topliss-reactive ketones (excluding diaryl/α,β-unsaturated/α-hetero) is 1. The van der Waals surface area contributed by atoms with Crippen LogP contribution in [0.1, 0.15) is 24.9 Å². The molecule has 0 radical (unpaired) electrons. The largest absolute Gasteiger partial charge is 0.496 e. The van der Waals surface area contributed by atoms with E-state index < -0.39 is 17.9 Å².